The Hall–Kier alpha value is -1.62. The minimum Gasteiger partial charge on any atom is -0.478 e. The first-order chi connectivity index (χ1) is 9.58. The van der Waals surface area contributed by atoms with Gasteiger partial charge in [-0.2, -0.15) is 0 Å². The Bertz CT molecular complexity index is 525. The molecule has 0 unspecified atom stereocenters. The molecule has 2 rings (SSSR count). The maximum absolute atomic E-state index is 12.5. The Labute approximate surface area is 122 Å². The van der Waals surface area contributed by atoms with Crippen LogP contribution in [-0.2, 0) is 4.79 Å². The van der Waals surface area contributed by atoms with Crippen LogP contribution in [0, 0.1) is 6.92 Å². The molecular weight excluding hydrogens is 274 g/mol. The van der Waals surface area contributed by atoms with Crippen LogP contribution in [0.25, 0.3) is 6.08 Å². The van der Waals surface area contributed by atoms with E-state index >= 15 is 0 Å². The van der Waals surface area contributed by atoms with Crippen LogP contribution < -0.4 is 0 Å². The van der Waals surface area contributed by atoms with Crippen LogP contribution in [0.1, 0.15) is 45.8 Å². The molecule has 4 nitrogen and oxygen atoms in total. The lowest BCUT2D eigenvalue weighted by molar-refractivity contribution is -0.131. The molecule has 0 saturated carbocycles. The van der Waals surface area contributed by atoms with Crippen molar-refractivity contribution >= 4 is 29.3 Å². The van der Waals surface area contributed by atoms with Crippen LogP contribution in [0.4, 0.5) is 0 Å². The fraction of sp³-hybridized carbons (Fsp3) is 0.467. The number of nitrogens with zero attached hydrogens (tertiary/aromatic N) is 1. The normalized spacial score (nSPS) is 16.4. The third kappa shape index (κ3) is 3.70. The average Bonchev–Trinajstić information content (AvgIpc) is 2.64. The summed E-state index contributed by atoms with van der Waals surface area (Å²) in [5, 5.41) is 8.66. The average molecular weight is 293 g/mol. The van der Waals surface area contributed by atoms with E-state index in [-0.39, 0.29) is 5.91 Å². The third-order valence-corrected chi connectivity index (χ3v) is 4.63. The number of amides is 1. The predicted octanol–water partition coefficient (Wildman–Crippen LogP) is 3.17. The molecule has 0 radical (unpaired) electrons. The lowest BCUT2D eigenvalue weighted by Crippen LogP contribution is -2.31. The van der Waals surface area contributed by atoms with Gasteiger partial charge in [0.25, 0.3) is 5.91 Å². The van der Waals surface area contributed by atoms with Crippen molar-refractivity contribution < 1.29 is 14.7 Å². The van der Waals surface area contributed by atoms with Crippen LogP contribution in [0.15, 0.2) is 12.1 Å². The lowest BCUT2D eigenvalue weighted by Gasteiger charge is -2.19. The first kappa shape index (κ1) is 14.8. The molecule has 2 heterocycles. The van der Waals surface area contributed by atoms with Crippen LogP contribution in [-0.4, -0.2) is 35.0 Å². The molecule has 0 spiro atoms. The van der Waals surface area contributed by atoms with Crippen molar-refractivity contribution in [3.63, 3.8) is 0 Å². The van der Waals surface area contributed by atoms with E-state index in [2.05, 4.69) is 0 Å². The highest BCUT2D eigenvalue weighted by Crippen LogP contribution is 2.25. The number of carbonyl (C=O) groups excluding carboxylic acids is 1. The van der Waals surface area contributed by atoms with Crippen molar-refractivity contribution in [2.45, 2.75) is 32.6 Å². The molecule has 0 aliphatic carbocycles. The summed E-state index contributed by atoms with van der Waals surface area (Å²) in [4.78, 5) is 26.5. The zero-order valence-electron chi connectivity index (χ0n) is 11.6. The van der Waals surface area contributed by atoms with Gasteiger partial charge in [-0.3, -0.25) is 4.79 Å². The summed E-state index contributed by atoms with van der Waals surface area (Å²) >= 11 is 1.37. The fourth-order valence-electron chi connectivity index (χ4n) is 2.34. The smallest absolute Gasteiger partial charge is 0.328 e. The summed E-state index contributed by atoms with van der Waals surface area (Å²) < 4.78 is 0. The van der Waals surface area contributed by atoms with E-state index in [1.54, 1.807) is 6.08 Å². The molecule has 108 valence electrons. The van der Waals surface area contributed by atoms with E-state index in [4.69, 9.17) is 5.11 Å². The number of carboxylic acids is 1. The molecular formula is C15H19NO3S. The SMILES string of the molecule is Cc1cc(C(=O)N2CCCCCC2)sc1/C=C/C(=O)O. The summed E-state index contributed by atoms with van der Waals surface area (Å²) in [6.45, 7) is 3.56. The zero-order chi connectivity index (χ0) is 14.5. The highest BCUT2D eigenvalue weighted by molar-refractivity contribution is 7.15. The Morgan fingerprint density at radius 3 is 2.50 bits per heavy atom. The fourth-order valence-corrected chi connectivity index (χ4v) is 3.39. The number of likely N-dealkylation sites (tertiary alicyclic amines) is 1. The van der Waals surface area contributed by atoms with Gasteiger partial charge in [0.15, 0.2) is 0 Å². The van der Waals surface area contributed by atoms with Gasteiger partial charge in [0.2, 0.25) is 0 Å². The van der Waals surface area contributed by atoms with Crippen molar-refractivity contribution in [1.29, 1.82) is 0 Å². The van der Waals surface area contributed by atoms with Crippen molar-refractivity contribution in [3.05, 3.63) is 27.5 Å². The quantitative estimate of drug-likeness (QED) is 0.871. The van der Waals surface area contributed by atoms with Gasteiger partial charge < -0.3 is 10.0 Å². The molecule has 0 aromatic carbocycles. The second kappa shape index (κ2) is 6.70. The number of hydrogen-bond donors (Lipinski definition) is 1. The molecule has 1 aliphatic heterocycles. The van der Waals surface area contributed by atoms with Gasteiger partial charge in [-0.25, -0.2) is 4.79 Å². The standard InChI is InChI=1S/C15H19NO3S/c1-11-10-13(20-12(11)6-7-14(17)18)15(19)16-8-4-2-3-5-9-16/h6-7,10H,2-5,8-9H2,1H3,(H,17,18)/b7-6+. The van der Waals surface area contributed by atoms with Gasteiger partial charge >= 0.3 is 5.97 Å². The van der Waals surface area contributed by atoms with Gasteiger partial charge in [0.1, 0.15) is 0 Å². The molecule has 20 heavy (non-hydrogen) atoms. The Morgan fingerprint density at radius 2 is 1.90 bits per heavy atom. The lowest BCUT2D eigenvalue weighted by atomic mass is 10.2. The monoisotopic (exact) mass is 293 g/mol. The summed E-state index contributed by atoms with van der Waals surface area (Å²) in [6, 6.07) is 1.86. The van der Waals surface area contributed by atoms with Crippen molar-refractivity contribution in [1.82, 2.24) is 4.90 Å². The molecule has 0 atom stereocenters. The first-order valence-electron chi connectivity index (χ1n) is 6.88. The van der Waals surface area contributed by atoms with Crippen LogP contribution >= 0.6 is 11.3 Å². The number of aliphatic carboxylic acids is 1. The molecule has 1 aliphatic rings. The summed E-state index contributed by atoms with van der Waals surface area (Å²) in [7, 11) is 0. The number of carbonyl (C=O) groups is 2. The third-order valence-electron chi connectivity index (χ3n) is 3.44. The number of carboxylic acid groups (broad SMARTS) is 1. The van der Waals surface area contributed by atoms with E-state index in [0.29, 0.717) is 4.88 Å². The second-order valence-corrected chi connectivity index (χ2v) is 6.12. The highest BCUT2D eigenvalue weighted by Gasteiger charge is 2.19. The zero-order valence-corrected chi connectivity index (χ0v) is 12.4. The topological polar surface area (TPSA) is 57.6 Å². The maximum Gasteiger partial charge on any atom is 0.328 e. The van der Waals surface area contributed by atoms with Crippen molar-refractivity contribution in [2.75, 3.05) is 13.1 Å². The molecule has 1 saturated heterocycles. The van der Waals surface area contributed by atoms with E-state index in [0.717, 1.165) is 42.4 Å². The van der Waals surface area contributed by atoms with E-state index in [1.807, 2.05) is 17.9 Å². The Balaban J connectivity index is 2.14. The van der Waals surface area contributed by atoms with Gasteiger partial charge in [0, 0.05) is 24.0 Å². The summed E-state index contributed by atoms with van der Waals surface area (Å²) in [6.07, 6.45) is 7.20. The summed E-state index contributed by atoms with van der Waals surface area (Å²) in [5.41, 5.74) is 0.950. The molecule has 0 bridgehead atoms. The first-order valence-corrected chi connectivity index (χ1v) is 7.70. The largest absolute Gasteiger partial charge is 0.478 e. The van der Waals surface area contributed by atoms with Crippen molar-refractivity contribution in [3.8, 4) is 0 Å². The number of thiophene rings is 1. The molecule has 1 N–H and O–H groups in total. The molecule has 1 aromatic heterocycles. The Kier molecular flexibility index (Phi) is 4.95. The van der Waals surface area contributed by atoms with Gasteiger partial charge in [-0.1, -0.05) is 12.8 Å². The predicted molar refractivity (Wildman–Crippen MR) is 80.1 cm³/mol. The van der Waals surface area contributed by atoms with E-state index < -0.39 is 5.97 Å². The van der Waals surface area contributed by atoms with Crippen molar-refractivity contribution in [2.24, 2.45) is 0 Å². The highest BCUT2D eigenvalue weighted by atomic mass is 32.1. The van der Waals surface area contributed by atoms with Gasteiger partial charge in [-0.15, -0.1) is 11.3 Å². The van der Waals surface area contributed by atoms with Crippen LogP contribution in [0.3, 0.4) is 0 Å². The van der Waals surface area contributed by atoms with E-state index in [1.165, 1.54) is 24.2 Å². The van der Waals surface area contributed by atoms with Gasteiger partial charge in [-0.05, 0) is 37.5 Å². The number of hydrogen-bond acceptors (Lipinski definition) is 3. The number of rotatable bonds is 3. The molecule has 5 heteroatoms. The number of aryl methyl sites for hydroxylation is 1. The molecule has 1 aromatic rings. The summed E-state index contributed by atoms with van der Waals surface area (Å²) in [5.74, 6) is -0.895. The maximum atomic E-state index is 12.5. The van der Waals surface area contributed by atoms with Gasteiger partial charge in [0.05, 0.1) is 4.88 Å². The molecule has 1 fully saturated rings. The second-order valence-electron chi connectivity index (χ2n) is 5.04. The van der Waals surface area contributed by atoms with Crippen LogP contribution in [0.2, 0.25) is 0 Å². The van der Waals surface area contributed by atoms with E-state index in [9.17, 15) is 9.59 Å². The Morgan fingerprint density at radius 1 is 1.25 bits per heavy atom. The van der Waals surface area contributed by atoms with Crippen LogP contribution in [0.5, 0.6) is 0 Å². The molecule has 1 amide bonds. The minimum atomic E-state index is -0.974. The minimum absolute atomic E-state index is 0.0787.